The SMILES string of the molecule is NCCc1cn2nc(-c3cccs3)sc2n1. The smallest absolute Gasteiger partial charge is 0.212 e. The van der Waals surface area contributed by atoms with Crippen molar-refractivity contribution in [2.24, 2.45) is 5.73 Å². The summed E-state index contributed by atoms with van der Waals surface area (Å²) >= 11 is 3.31. The molecule has 6 heteroatoms. The summed E-state index contributed by atoms with van der Waals surface area (Å²) in [5.41, 5.74) is 6.51. The van der Waals surface area contributed by atoms with Crippen LogP contribution in [0, 0.1) is 0 Å². The van der Waals surface area contributed by atoms with Crippen LogP contribution in [0.5, 0.6) is 0 Å². The van der Waals surface area contributed by atoms with Gasteiger partial charge in [0.15, 0.2) is 5.01 Å². The first kappa shape index (κ1) is 9.95. The van der Waals surface area contributed by atoms with Crippen LogP contribution < -0.4 is 5.73 Å². The minimum Gasteiger partial charge on any atom is -0.330 e. The van der Waals surface area contributed by atoms with E-state index in [1.165, 1.54) is 4.88 Å². The molecule has 16 heavy (non-hydrogen) atoms. The normalized spacial score (nSPS) is 11.3. The third-order valence-corrected chi connectivity index (χ3v) is 4.19. The monoisotopic (exact) mass is 250 g/mol. The molecule has 3 aromatic heterocycles. The maximum Gasteiger partial charge on any atom is 0.212 e. The van der Waals surface area contributed by atoms with Crippen LogP contribution in [-0.4, -0.2) is 21.1 Å². The largest absolute Gasteiger partial charge is 0.330 e. The summed E-state index contributed by atoms with van der Waals surface area (Å²) in [6, 6.07) is 4.10. The molecule has 0 saturated heterocycles. The standard InChI is InChI=1S/C10H10N4S2/c11-4-3-7-6-14-10(12-7)16-9(13-14)8-2-1-5-15-8/h1-2,5-6H,3-4,11H2. The fraction of sp³-hybridized carbons (Fsp3) is 0.200. The molecule has 3 aromatic rings. The lowest BCUT2D eigenvalue weighted by molar-refractivity contribution is 0.924. The zero-order valence-corrected chi connectivity index (χ0v) is 10.1. The number of thiophene rings is 1. The molecule has 2 N–H and O–H groups in total. The molecule has 0 aromatic carbocycles. The van der Waals surface area contributed by atoms with E-state index in [0.29, 0.717) is 6.54 Å². The highest BCUT2D eigenvalue weighted by Crippen LogP contribution is 2.28. The number of hydrogen-bond donors (Lipinski definition) is 1. The van der Waals surface area contributed by atoms with Gasteiger partial charge in [0, 0.05) is 6.42 Å². The lowest BCUT2D eigenvalue weighted by atomic mass is 10.3. The Hall–Kier alpha value is -1.24. The number of fused-ring (bicyclic) bond motifs is 1. The van der Waals surface area contributed by atoms with Crippen molar-refractivity contribution in [1.29, 1.82) is 0 Å². The maximum absolute atomic E-state index is 5.49. The Morgan fingerprint density at radius 2 is 2.38 bits per heavy atom. The van der Waals surface area contributed by atoms with Crippen molar-refractivity contribution in [3.05, 3.63) is 29.4 Å². The molecule has 0 radical (unpaired) electrons. The molecule has 0 saturated carbocycles. The third-order valence-electron chi connectivity index (χ3n) is 2.23. The van der Waals surface area contributed by atoms with Crippen LogP contribution in [-0.2, 0) is 6.42 Å². The van der Waals surface area contributed by atoms with Crippen LogP contribution in [0.25, 0.3) is 14.8 Å². The van der Waals surface area contributed by atoms with Crippen molar-refractivity contribution in [1.82, 2.24) is 14.6 Å². The molecule has 0 spiro atoms. The molecule has 0 aliphatic heterocycles. The molecule has 0 atom stereocenters. The lowest BCUT2D eigenvalue weighted by Crippen LogP contribution is -2.02. The molecule has 3 heterocycles. The number of rotatable bonds is 3. The Morgan fingerprint density at radius 1 is 1.44 bits per heavy atom. The first-order valence-corrected chi connectivity index (χ1v) is 6.65. The van der Waals surface area contributed by atoms with E-state index in [1.807, 2.05) is 16.8 Å². The van der Waals surface area contributed by atoms with Gasteiger partial charge in [0.25, 0.3) is 0 Å². The summed E-state index contributed by atoms with van der Waals surface area (Å²) in [6.07, 6.45) is 2.76. The Bertz CT molecular complexity index is 562. The van der Waals surface area contributed by atoms with E-state index < -0.39 is 0 Å². The Labute approximate surface area is 100 Å². The van der Waals surface area contributed by atoms with Gasteiger partial charge in [0.2, 0.25) is 4.96 Å². The van der Waals surface area contributed by atoms with Crippen molar-refractivity contribution in [2.45, 2.75) is 6.42 Å². The molecule has 0 fully saturated rings. The van der Waals surface area contributed by atoms with E-state index in [2.05, 4.69) is 21.5 Å². The van der Waals surface area contributed by atoms with Gasteiger partial charge in [0.1, 0.15) is 0 Å². The van der Waals surface area contributed by atoms with Gasteiger partial charge in [0.05, 0.1) is 16.8 Å². The molecule has 0 aliphatic rings. The highest BCUT2D eigenvalue weighted by atomic mass is 32.1. The summed E-state index contributed by atoms with van der Waals surface area (Å²) in [7, 11) is 0. The molecule has 82 valence electrons. The zero-order valence-electron chi connectivity index (χ0n) is 8.46. The van der Waals surface area contributed by atoms with Gasteiger partial charge in [-0.2, -0.15) is 5.10 Å². The third kappa shape index (κ3) is 1.64. The van der Waals surface area contributed by atoms with E-state index in [-0.39, 0.29) is 0 Å². The van der Waals surface area contributed by atoms with E-state index in [4.69, 9.17) is 5.73 Å². The van der Waals surface area contributed by atoms with Gasteiger partial charge >= 0.3 is 0 Å². The fourth-order valence-corrected chi connectivity index (χ4v) is 3.21. The predicted octanol–water partition coefficient (Wildman–Crippen LogP) is 2.02. The molecular formula is C10H10N4S2. The van der Waals surface area contributed by atoms with Crippen LogP contribution >= 0.6 is 22.7 Å². The number of nitrogens with two attached hydrogens (primary N) is 1. The van der Waals surface area contributed by atoms with Crippen molar-refractivity contribution in [2.75, 3.05) is 6.54 Å². The summed E-state index contributed by atoms with van der Waals surface area (Å²) in [5, 5.41) is 7.58. The Morgan fingerprint density at radius 3 is 3.06 bits per heavy atom. The van der Waals surface area contributed by atoms with E-state index in [9.17, 15) is 0 Å². The summed E-state index contributed by atoms with van der Waals surface area (Å²) in [4.78, 5) is 6.60. The van der Waals surface area contributed by atoms with E-state index in [1.54, 1.807) is 22.7 Å². The number of imidazole rings is 1. The quantitative estimate of drug-likeness (QED) is 0.773. The lowest BCUT2D eigenvalue weighted by Gasteiger charge is -1.88. The van der Waals surface area contributed by atoms with Crippen LogP contribution in [0.15, 0.2) is 23.7 Å². The average Bonchev–Trinajstić information content (AvgIpc) is 2.89. The molecule has 4 nitrogen and oxygen atoms in total. The molecule has 0 aliphatic carbocycles. The highest BCUT2D eigenvalue weighted by molar-refractivity contribution is 7.23. The van der Waals surface area contributed by atoms with Crippen molar-refractivity contribution in [3.8, 4) is 9.88 Å². The second-order valence-corrected chi connectivity index (χ2v) is 5.29. The molecule has 3 rings (SSSR count). The van der Waals surface area contributed by atoms with E-state index >= 15 is 0 Å². The minimum atomic E-state index is 0.628. The van der Waals surface area contributed by atoms with Crippen LogP contribution in [0.1, 0.15) is 5.69 Å². The maximum atomic E-state index is 5.49. The van der Waals surface area contributed by atoms with Gasteiger partial charge in [-0.3, -0.25) is 0 Å². The fourth-order valence-electron chi connectivity index (χ4n) is 1.51. The summed E-state index contributed by atoms with van der Waals surface area (Å²) in [6.45, 7) is 0.628. The first-order chi connectivity index (χ1) is 7.86. The topological polar surface area (TPSA) is 56.2 Å². The van der Waals surface area contributed by atoms with E-state index in [0.717, 1.165) is 22.1 Å². The molecule has 0 unspecified atom stereocenters. The van der Waals surface area contributed by atoms with Gasteiger partial charge in [-0.25, -0.2) is 9.50 Å². The summed E-state index contributed by atoms with van der Waals surface area (Å²) < 4.78 is 1.84. The van der Waals surface area contributed by atoms with Gasteiger partial charge in [-0.1, -0.05) is 17.4 Å². The van der Waals surface area contributed by atoms with Crippen LogP contribution in [0.2, 0.25) is 0 Å². The highest BCUT2D eigenvalue weighted by Gasteiger charge is 2.09. The predicted molar refractivity (Wildman–Crippen MR) is 66.9 cm³/mol. The second kappa shape index (κ2) is 3.97. The second-order valence-electron chi connectivity index (χ2n) is 3.38. The number of aromatic nitrogens is 3. The molecule has 0 bridgehead atoms. The first-order valence-electron chi connectivity index (χ1n) is 4.96. The van der Waals surface area contributed by atoms with Gasteiger partial charge in [-0.05, 0) is 18.0 Å². The average molecular weight is 250 g/mol. The Kier molecular flexibility index (Phi) is 2.47. The van der Waals surface area contributed by atoms with Crippen molar-refractivity contribution in [3.63, 3.8) is 0 Å². The zero-order chi connectivity index (χ0) is 11.0. The Balaban J connectivity index is 2.02. The van der Waals surface area contributed by atoms with Crippen molar-refractivity contribution < 1.29 is 0 Å². The molecule has 0 amide bonds. The van der Waals surface area contributed by atoms with Crippen molar-refractivity contribution >= 4 is 27.6 Å². The number of nitrogens with zero attached hydrogens (tertiary/aromatic N) is 3. The van der Waals surface area contributed by atoms with Gasteiger partial charge < -0.3 is 5.73 Å². The van der Waals surface area contributed by atoms with Crippen LogP contribution in [0.4, 0.5) is 0 Å². The van der Waals surface area contributed by atoms with Crippen LogP contribution in [0.3, 0.4) is 0 Å². The number of hydrogen-bond acceptors (Lipinski definition) is 5. The molecular weight excluding hydrogens is 240 g/mol. The van der Waals surface area contributed by atoms with Gasteiger partial charge in [-0.15, -0.1) is 11.3 Å². The summed E-state index contributed by atoms with van der Waals surface area (Å²) in [5.74, 6) is 0. The minimum absolute atomic E-state index is 0.628.